The van der Waals surface area contributed by atoms with Gasteiger partial charge in [0.15, 0.2) is 0 Å². The summed E-state index contributed by atoms with van der Waals surface area (Å²) in [6.07, 6.45) is 1.23. The fraction of sp³-hybridized carbons (Fsp3) is 0.375. The SMILES string of the molecule is CCCNC(=O)C[C@H]1Cn2c(cc3ccccc32)C(=O)N1. The number of aromatic nitrogens is 1. The number of hydrogen-bond acceptors (Lipinski definition) is 2. The Morgan fingerprint density at radius 3 is 3.05 bits per heavy atom. The molecule has 1 aliphatic rings. The van der Waals surface area contributed by atoms with Crippen LogP contribution in [-0.4, -0.2) is 29.0 Å². The van der Waals surface area contributed by atoms with Gasteiger partial charge in [0.2, 0.25) is 5.91 Å². The third kappa shape index (κ3) is 2.63. The molecule has 0 aliphatic carbocycles. The maximum atomic E-state index is 12.2. The maximum absolute atomic E-state index is 12.2. The Kier molecular flexibility index (Phi) is 3.64. The average molecular weight is 285 g/mol. The predicted molar refractivity (Wildman–Crippen MR) is 81.1 cm³/mol. The van der Waals surface area contributed by atoms with Gasteiger partial charge < -0.3 is 15.2 Å². The zero-order valence-corrected chi connectivity index (χ0v) is 12.1. The summed E-state index contributed by atoms with van der Waals surface area (Å²) in [6, 6.07) is 9.67. The molecule has 21 heavy (non-hydrogen) atoms. The van der Waals surface area contributed by atoms with Gasteiger partial charge in [0, 0.05) is 30.4 Å². The van der Waals surface area contributed by atoms with Crippen LogP contribution in [0.1, 0.15) is 30.3 Å². The fourth-order valence-electron chi connectivity index (χ4n) is 2.80. The number of carbonyl (C=O) groups excluding carboxylic acids is 2. The van der Waals surface area contributed by atoms with Crippen molar-refractivity contribution < 1.29 is 9.59 Å². The van der Waals surface area contributed by atoms with E-state index in [2.05, 4.69) is 10.6 Å². The minimum Gasteiger partial charge on any atom is -0.356 e. The van der Waals surface area contributed by atoms with Gasteiger partial charge in [0.1, 0.15) is 5.69 Å². The average Bonchev–Trinajstić information content (AvgIpc) is 2.85. The molecule has 1 aromatic carbocycles. The highest BCUT2D eigenvalue weighted by Gasteiger charge is 2.27. The van der Waals surface area contributed by atoms with Crippen LogP contribution in [0, 0.1) is 0 Å². The lowest BCUT2D eigenvalue weighted by molar-refractivity contribution is -0.121. The molecule has 110 valence electrons. The van der Waals surface area contributed by atoms with E-state index in [-0.39, 0.29) is 17.9 Å². The molecule has 5 nitrogen and oxygen atoms in total. The van der Waals surface area contributed by atoms with Gasteiger partial charge in [-0.3, -0.25) is 9.59 Å². The van der Waals surface area contributed by atoms with E-state index in [0.29, 0.717) is 25.2 Å². The number of fused-ring (bicyclic) bond motifs is 3. The molecule has 0 unspecified atom stereocenters. The summed E-state index contributed by atoms with van der Waals surface area (Å²) in [6.45, 7) is 3.33. The van der Waals surface area contributed by atoms with Crippen molar-refractivity contribution in [1.82, 2.24) is 15.2 Å². The Morgan fingerprint density at radius 2 is 2.24 bits per heavy atom. The molecule has 2 N–H and O–H groups in total. The Morgan fingerprint density at radius 1 is 1.43 bits per heavy atom. The molecular formula is C16H19N3O2. The fourth-order valence-corrected chi connectivity index (χ4v) is 2.80. The van der Waals surface area contributed by atoms with Crippen LogP contribution in [0.3, 0.4) is 0 Å². The van der Waals surface area contributed by atoms with Crippen LogP contribution in [-0.2, 0) is 11.3 Å². The lowest BCUT2D eigenvalue weighted by Crippen LogP contribution is -2.46. The topological polar surface area (TPSA) is 63.1 Å². The quantitative estimate of drug-likeness (QED) is 0.897. The number of nitrogens with one attached hydrogen (secondary N) is 2. The number of amides is 2. The number of hydrogen-bond donors (Lipinski definition) is 2. The molecule has 1 atom stereocenters. The van der Waals surface area contributed by atoms with Crippen LogP contribution >= 0.6 is 0 Å². The minimum absolute atomic E-state index is 0.0120. The first-order valence-electron chi connectivity index (χ1n) is 7.35. The second-order valence-electron chi connectivity index (χ2n) is 5.42. The van der Waals surface area contributed by atoms with Crippen molar-refractivity contribution in [3.63, 3.8) is 0 Å². The predicted octanol–water partition coefficient (Wildman–Crippen LogP) is 1.67. The molecule has 2 aromatic rings. The highest BCUT2D eigenvalue weighted by Crippen LogP contribution is 2.23. The highest BCUT2D eigenvalue weighted by atomic mass is 16.2. The number of rotatable bonds is 4. The molecular weight excluding hydrogens is 266 g/mol. The van der Waals surface area contributed by atoms with Gasteiger partial charge in [-0.15, -0.1) is 0 Å². The van der Waals surface area contributed by atoms with Gasteiger partial charge in [0.25, 0.3) is 5.91 Å². The van der Waals surface area contributed by atoms with Gasteiger partial charge in [-0.1, -0.05) is 25.1 Å². The molecule has 1 aromatic heterocycles. The summed E-state index contributed by atoms with van der Waals surface area (Å²) in [5.41, 5.74) is 1.71. The van der Waals surface area contributed by atoms with Crippen molar-refractivity contribution in [3.05, 3.63) is 36.0 Å². The molecule has 5 heteroatoms. The first kappa shape index (κ1) is 13.7. The van der Waals surface area contributed by atoms with Crippen LogP contribution in [0.5, 0.6) is 0 Å². The van der Waals surface area contributed by atoms with Crippen molar-refractivity contribution in [2.24, 2.45) is 0 Å². The standard InChI is InChI=1S/C16H19N3O2/c1-2-7-17-15(20)9-12-10-19-13-6-4-3-5-11(13)8-14(19)16(21)18-12/h3-6,8,12H,2,7,9-10H2,1H3,(H,17,20)(H,18,21)/t12-/m0/s1. The Bertz CT molecular complexity index is 690. The van der Waals surface area contributed by atoms with Gasteiger partial charge in [0.05, 0.1) is 6.04 Å². The third-order valence-electron chi connectivity index (χ3n) is 3.79. The van der Waals surface area contributed by atoms with Gasteiger partial charge in [-0.05, 0) is 18.6 Å². The lowest BCUT2D eigenvalue weighted by atomic mass is 10.1. The molecule has 0 saturated carbocycles. The first-order chi connectivity index (χ1) is 10.2. The van der Waals surface area contributed by atoms with E-state index in [1.165, 1.54) is 0 Å². The Labute approximate surface area is 123 Å². The maximum Gasteiger partial charge on any atom is 0.268 e. The number of carbonyl (C=O) groups is 2. The molecule has 0 bridgehead atoms. The number of benzene rings is 1. The van der Waals surface area contributed by atoms with E-state index in [1.807, 2.05) is 41.8 Å². The van der Waals surface area contributed by atoms with Crippen LogP contribution in [0.25, 0.3) is 10.9 Å². The normalized spacial score (nSPS) is 17.4. The molecule has 2 amide bonds. The largest absolute Gasteiger partial charge is 0.356 e. The summed E-state index contributed by atoms with van der Waals surface area (Å²) in [5.74, 6) is -0.118. The first-order valence-corrected chi connectivity index (χ1v) is 7.35. The molecule has 2 heterocycles. The molecule has 0 fully saturated rings. The molecule has 0 spiro atoms. The van der Waals surface area contributed by atoms with Gasteiger partial charge in [-0.2, -0.15) is 0 Å². The number of nitrogens with zero attached hydrogens (tertiary/aromatic N) is 1. The van der Waals surface area contributed by atoms with Crippen molar-refractivity contribution >= 4 is 22.7 Å². The Hall–Kier alpha value is -2.30. The van der Waals surface area contributed by atoms with E-state index in [4.69, 9.17) is 0 Å². The minimum atomic E-state index is -0.155. The van der Waals surface area contributed by atoms with Crippen molar-refractivity contribution in [2.45, 2.75) is 32.4 Å². The Balaban J connectivity index is 1.81. The van der Waals surface area contributed by atoms with Crippen LogP contribution in [0.2, 0.25) is 0 Å². The summed E-state index contributed by atoms with van der Waals surface area (Å²) in [4.78, 5) is 24.0. The smallest absolute Gasteiger partial charge is 0.268 e. The monoisotopic (exact) mass is 285 g/mol. The van der Waals surface area contributed by atoms with Crippen molar-refractivity contribution in [3.8, 4) is 0 Å². The molecule has 1 aliphatic heterocycles. The van der Waals surface area contributed by atoms with Gasteiger partial charge >= 0.3 is 0 Å². The van der Waals surface area contributed by atoms with Crippen LogP contribution < -0.4 is 10.6 Å². The van der Waals surface area contributed by atoms with E-state index in [1.54, 1.807) is 0 Å². The summed E-state index contributed by atoms with van der Waals surface area (Å²) in [7, 11) is 0. The van der Waals surface area contributed by atoms with E-state index in [9.17, 15) is 9.59 Å². The molecule has 0 saturated heterocycles. The van der Waals surface area contributed by atoms with E-state index >= 15 is 0 Å². The highest BCUT2D eigenvalue weighted by molar-refractivity contribution is 6.00. The molecule has 3 rings (SSSR count). The second kappa shape index (κ2) is 5.60. The number of para-hydroxylation sites is 1. The zero-order chi connectivity index (χ0) is 14.8. The van der Waals surface area contributed by atoms with E-state index < -0.39 is 0 Å². The third-order valence-corrected chi connectivity index (χ3v) is 3.79. The summed E-state index contributed by atoms with van der Waals surface area (Å²) >= 11 is 0. The lowest BCUT2D eigenvalue weighted by Gasteiger charge is -2.26. The van der Waals surface area contributed by atoms with Crippen molar-refractivity contribution in [2.75, 3.05) is 6.54 Å². The van der Waals surface area contributed by atoms with Crippen molar-refractivity contribution in [1.29, 1.82) is 0 Å². The molecule has 0 radical (unpaired) electrons. The zero-order valence-electron chi connectivity index (χ0n) is 12.1. The summed E-state index contributed by atoms with van der Waals surface area (Å²) in [5, 5.41) is 6.82. The second-order valence-corrected chi connectivity index (χ2v) is 5.42. The van der Waals surface area contributed by atoms with Crippen LogP contribution in [0.15, 0.2) is 30.3 Å². The summed E-state index contributed by atoms with van der Waals surface area (Å²) < 4.78 is 2.01. The van der Waals surface area contributed by atoms with Gasteiger partial charge in [-0.25, -0.2) is 0 Å². The van der Waals surface area contributed by atoms with E-state index in [0.717, 1.165) is 17.3 Å². The van der Waals surface area contributed by atoms with Crippen LogP contribution in [0.4, 0.5) is 0 Å².